The Morgan fingerprint density at radius 3 is 2.72 bits per heavy atom. The van der Waals surface area contributed by atoms with E-state index < -0.39 is 0 Å². The molecule has 2 aliphatic heterocycles. The van der Waals surface area contributed by atoms with Crippen LogP contribution in [0.2, 0.25) is 0 Å². The van der Waals surface area contributed by atoms with Gasteiger partial charge in [-0.3, -0.25) is 4.79 Å². The maximum absolute atomic E-state index is 12.3. The maximum atomic E-state index is 12.3. The Labute approximate surface area is 111 Å². The van der Waals surface area contributed by atoms with Crippen molar-refractivity contribution >= 4 is 5.91 Å². The summed E-state index contributed by atoms with van der Waals surface area (Å²) in [5, 5.41) is 3.35. The summed E-state index contributed by atoms with van der Waals surface area (Å²) < 4.78 is 0. The van der Waals surface area contributed by atoms with Crippen LogP contribution in [-0.2, 0) is 4.79 Å². The lowest BCUT2D eigenvalue weighted by Crippen LogP contribution is -2.47. The van der Waals surface area contributed by atoms with E-state index in [0.29, 0.717) is 17.9 Å². The third-order valence-corrected chi connectivity index (χ3v) is 4.46. The molecule has 104 valence electrons. The summed E-state index contributed by atoms with van der Waals surface area (Å²) in [4.78, 5) is 16.7. The molecular formula is C14H27N3O. The molecule has 4 nitrogen and oxygen atoms in total. The van der Waals surface area contributed by atoms with Crippen molar-refractivity contribution in [3.05, 3.63) is 0 Å². The average Bonchev–Trinajstić information content (AvgIpc) is 2.39. The largest absolute Gasteiger partial charge is 0.341 e. The molecule has 2 aliphatic rings. The minimum absolute atomic E-state index is 0.349. The molecule has 0 bridgehead atoms. The van der Waals surface area contributed by atoms with Gasteiger partial charge >= 0.3 is 0 Å². The first-order chi connectivity index (χ1) is 8.66. The van der Waals surface area contributed by atoms with Gasteiger partial charge in [-0.05, 0) is 58.3 Å². The molecule has 0 radical (unpaired) electrons. The molecule has 1 atom stereocenters. The number of rotatable bonds is 3. The van der Waals surface area contributed by atoms with Crippen LogP contribution in [0.4, 0.5) is 0 Å². The van der Waals surface area contributed by atoms with Crippen LogP contribution in [0, 0.1) is 5.92 Å². The van der Waals surface area contributed by atoms with Crippen molar-refractivity contribution < 1.29 is 4.79 Å². The smallest absolute Gasteiger partial charge is 0.222 e. The lowest BCUT2D eigenvalue weighted by molar-refractivity contribution is -0.134. The molecule has 0 saturated carbocycles. The number of likely N-dealkylation sites (tertiary alicyclic amines) is 1. The van der Waals surface area contributed by atoms with E-state index in [2.05, 4.69) is 17.3 Å². The van der Waals surface area contributed by atoms with Crippen LogP contribution in [0.1, 0.15) is 32.1 Å². The maximum Gasteiger partial charge on any atom is 0.222 e. The van der Waals surface area contributed by atoms with Crippen molar-refractivity contribution in [1.82, 2.24) is 15.1 Å². The van der Waals surface area contributed by atoms with Gasteiger partial charge in [0.15, 0.2) is 0 Å². The minimum atomic E-state index is 0.349. The number of likely N-dealkylation sites (N-methyl/N-ethyl adjacent to an activating group) is 2. The molecule has 2 rings (SSSR count). The summed E-state index contributed by atoms with van der Waals surface area (Å²) in [6.07, 6.45) is 5.44. The molecule has 0 aliphatic carbocycles. The number of nitrogens with zero attached hydrogens (tertiary/aromatic N) is 2. The number of hydrogen-bond acceptors (Lipinski definition) is 3. The first-order valence-corrected chi connectivity index (χ1v) is 7.31. The van der Waals surface area contributed by atoms with Gasteiger partial charge in [0.05, 0.1) is 0 Å². The highest BCUT2D eigenvalue weighted by Gasteiger charge is 2.26. The van der Waals surface area contributed by atoms with Gasteiger partial charge in [0.25, 0.3) is 0 Å². The van der Waals surface area contributed by atoms with E-state index in [1.54, 1.807) is 0 Å². The van der Waals surface area contributed by atoms with Gasteiger partial charge in [-0.1, -0.05) is 0 Å². The van der Waals surface area contributed by atoms with Crippen LogP contribution < -0.4 is 5.32 Å². The lowest BCUT2D eigenvalue weighted by Gasteiger charge is -2.36. The van der Waals surface area contributed by atoms with Gasteiger partial charge in [0.1, 0.15) is 0 Å². The summed E-state index contributed by atoms with van der Waals surface area (Å²) in [5.41, 5.74) is 0. The molecular weight excluding hydrogens is 226 g/mol. The molecule has 2 fully saturated rings. The number of amides is 1. The summed E-state index contributed by atoms with van der Waals surface area (Å²) >= 11 is 0. The summed E-state index contributed by atoms with van der Waals surface area (Å²) in [6.45, 7) is 4.36. The van der Waals surface area contributed by atoms with Crippen LogP contribution in [0.5, 0.6) is 0 Å². The van der Waals surface area contributed by atoms with Crippen LogP contribution >= 0.6 is 0 Å². The van der Waals surface area contributed by atoms with E-state index in [9.17, 15) is 4.79 Å². The van der Waals surface area contributed by atoms with E-state index >= 15 is 0 Å². The molecule has 18 heavy (non-hydrogen) atoms. The second-order valence-electron chi connectivity index (χ2n) is 5.96. The topological polar surface area (TPSA) is 35.6 Å². The van der Waals surface area contributed by atoms with Crippen LogP contribution in [0.3, 0.4) is 0 Å². The average molecular weight is 253 g/mol. The molecule has 0 aromatic carbocycles. The van der Waals surface area contributed by atoms with Crippen molar-refractivity contribution in [2.24, 2.45) is 5.92 Å². The Bertz CT molecular complexity index is 276. The monoisotopic (exact) mass is 253 g/mol. The van der Waals surface area contributed by atoms with E-state index in [1.165, 1.54) is 19.4 Å². The highest BCUT2D eigenvalue weighted by molar-refractivity contribution is 5.76. The molecule has 4 heteroatoms. The molecule has 2 saturated heterocycles. The molecule has 1 unspecified atom stereocenters. The Kier molecular flexibility index (Phi) is 5.01. The zero-order chi connectivity index (χ0) is 13.0. The van der Waals surface area contributed by atoms with Gasteiger partial charge in [0.2, 0.25) is 5.91 Å². The van der Waals surface area contributed by atoms with Crippen molar-refractivity contribution in [3.63, 3.8) is 0 Å². The fourth-order valence-corrected chi connectivity index (χ4v) is 3.14. The number of piperidine rings is 2. The van der Waals surface area contributed by atoms with E-state index in [-0.39, 0.29) is 0 Å². The molecule has 2 heterocycles. The minimum Gasteiger partial charge on any atom is -0.341 e. The van der Waals surface area contributed by atoms with Gasteiger partial charge in [-0.25, -0.2) is 0 Å². The third-order valence-electron chi connectivity index (χ3n) is 4.46. The van der Waals surface area contributed by atoms with Crippen molar-refractivity contribution in [2.75, 3.05) is 40.3 Å². The Morgan fingerprint density at radius 1 is 1.33 bits per heavy atom. The first kappa shape index (κ1) is 13.8. The van der Waals surface area contributed by atoms with Gasteiger partial charge in [-0.2, -0.15) is 0 Å². The zero-order valence-corrected chi connectivity index (χ0v) is 11.8. The quantitative estimate of drug-likeness (QED) is 0.813. The Hall–Kier alpha value is -0.610. The summed E-state index contributed by atoms with van der Waals surface area (Å²) in [6, 6.07) is 0.429. The number of carbonyl (C=O) groups excluding carboxylic acids is 1. The third kappa shape index (κ3) is 3.69. The SMILES string of the molecule is CN1CCCC(N(C)C(=O)CC2CCNCC2)C1. The van der Waals surface area contributed by atoms with Crippen LogP contribution in [0.15, 0.2) is 0 Å². The predicted octanol–water partition coefficient (Wildman–Crippen LogP) is 0.929. The number of hydrogen-bond donors (Lipinski definition) is 1. The second kappa shape index (κ2) is 6.53. The predicted molar refractivity (Wildman–Crippen MR) is 73.5 cm³/mol. The molecule has 1 amide bonds. The normalized spacial score (nSPS) is 27.1. The fourth-order valence-electron chi connectivity index (χ4n) is 3.14. The van der Waals surface area contributed by atoms with E-state index in [1.807, 2.05) is 11.9 Å². The molecule has 0 spiro atoms. The number of nitrogens with one attached hydrogen (secondary N) is 1. The Morgan fingerprint density at radius 2 is 2.06 bits per heavy atom. The number of carbonyl (C=O) groups is 1. The van der Waals surface area contributed by atoms with Gasteiger partial charge in [-0.15, -0.1) is 0 Å². The van der Waals surface area contributed by atoms with Gasteiger partial charge < -0.3 is 15.1 Å². The molecule has 1 N–H and O–H groups in total. The van der Waals surface area contributed by atoms with E-state index in [0.717, 1.165) is 38.9 Å². The zero-order valence-electron chi connectivity index (χ0n) is 11.8. The van der Waals surface area contributed by atoms with Crippen LogP contribution in [0.25, 0.3) is 0 Å². The Balaban J connectivity index is 1.79. The van der Waals surface area contributed by atoms with Crippen molar-refractivity contribution in [1.29, 1.82) is 0 Å². The lowest BCUT2D eigenvalue weighted by atomic mass is 9.93. The highest BCUT2D eigenvalue weighted by Crippen LogP contribution is 2.20. The van der Waals surface area contributed by atoms with E-state index in [4.69, 9.17) is 0 Å². The van der Waals surface area contributed by atoms with Crippen molar-refractivity contribution in [3.8, 4) is 0 Å². The van der Waals surface area contributed by atoms with Crippen LogP contribution in [-0.4, -0.2) is 62.0 Å². The second-order valence-corrected chi connectivity index (χ2v) is 5.96. The molecule has 0 aromatic heterocycles. The summed E-state index contributed by atoms with van der Waals surface area (Å²) in [5.74, 6) is 0.949. The first-order valence-electron chi connectivity index (χ1n) is 7.31. The fraction of sp³-hybridized carbons (Fsp3) is 0.929. The highest BCUT2D eigenvalue weighted by atomic mass is 16.2. The van der Waals surface area contributed by atoms with Gasteiger partial charge in [0, 0.05) is 26.1 Å². The standard InChI is InChI=1S/C14H27N3O/c1-16-9-3-4-13(11-16)17(2)14(18)10-12-5-7-15-8-6-12/h12-13,15H,3-11H2,1-2H3. The summed E-state index contributed by atoms with van der Waals surface area (Å²) in [7, 11) is 4.14. The molecule has 0 aromatic rings. The van der Waals surface area contributed by atoms with Crippen molar-refractivity contribution in [2.45, 2.75) is 38.1 Å².